The molecule has 0 aromatic heterocycles. The van der Waals surface area contributed by atoms with Gasteiger partial charge in [-0.25, -0.2) is 0 Å². The van der Waals surface area contributed by atoms with Gasteiger partial charge >= 0.3 is 5.97 Å². The molecule has 0 radical (unpaired) electrons. The Hall–Kier alpha value is -2.34. The first kappa shape index (κ1) is 25.7. The minimum atomic E-state index is -1.23. The quantitative estimate of drug-likeness (QED) is 0.163. The molecule has 0 bridgehead atoms. The fraction of sp³-hybridized carbons (Fsp3) is 0.688. The second-order valence-corrected chi connectivity index (χ2v) is 7.02. The number of rotatable bonds is 13. The number of nitrogens with one attached hydrogen (secondary N) is 3. The number of nitrogens with two attached hydrogens (primary N) is 2. The largest absolute Gasteiger partial charge is 0.480 e. The van der Waals surface area contributed by atoms with Crippen LogP contribution < -0.4 is 27.4 Å². The molecule has 0 rings (SSSR count). The summed E-state index contributed by atoms with van der Waals surface area (Å²) in [5, 5.41) is 15.7. The average molecular weight is 420 g/mol. The minimum absolute atomic E-state index is 0.0354. The van der Waals surface area contributed by atoms with Gasteiger partial charge in [-0.3, -0.25) is 24.0 Å². The van der Waals surface area contributed by atoms with Gasteiger partial charge in [-0.1, -0.05) is 13.8 Å². The molecule has 0 aliphatic rings. The maximum Gasteiger partial charge on any atom is 0.322 e. The second-order valence-electron chi connectivity index (χ2n) is 6.66. The Kier molecular flexibility index (Phi) is 11.9. The number of carboxylic acid groups (broad SMARTS) is 1. The molecular weight excluding hydrogens is 390 g/mol. The van der Waals surface area contributed by atoms with E-state index in [0.29, 0.717) is 0 Å². The van der Waals surface area contributed by atoms with Gasteiger partial charge in [-0.05, 0) is 18.8 Å². The lowest BCUT2D eigenvalue weighted by atomic mass is 10.0. The number of hydrogen-bond acceptors (Lipinski definition) is 7. The van der Waals surface area contributed by atoms with Gasteiger partial charge in [0.05, 0.1) is 6.04 Å². The van der Waals surface area contributed by atoms with Crippen molar-refractivity contribution in [3.8, 4) is 0 Å². The predicted octanol–water partition coefficient (Wildman–Crippen LogP) is -2.27. The van der Waals surface area contributed by atoms with Gasteiger partial charge in [0.15, 0.2) is 0 Å². The van der Waals surface area contributed by atoms with Crippen LogP contribution in [0.4, 0.5) is 0 Å². The van der Waals surface area contributed by atoms with Gasteiger partial charge in [0.1, 0.15) is 18.6 Å². The number of carbonyl (C=O) groups is 5. The highest BCUT2D eigenvalue weighted by Crippen LogP contribution is 2.07. The average Bonchev–Trinajstić information content (AvgIpc) is 2.60. The zero-order valence-electron chi connectivity index (χ0n) is 15.9. The Morgan fingerprint density at radius 2 is 1.57 bits per heavy atom. The maximum absolute atomic E-state index is 12.5. The normalized spacial score (nSPS) is 13.9. The van der Waals surface area contributed by atoms with Crippen molar-refractivity contribution in [3.05, 3.63) is 0 Å². The molecule has 0 saturated heterocycles. The van der Waals surface area contributed by atoms with Crippen LogP contribution in [-0.4, -0.2) is 65.1 Å². The fourth-order valence-electron chi connectivity index (χ4n) is 2.16. The third kappa shape index (κ3) is 10.7. The Morgan fingerprint density at radius 1 is 1.00 bits per heavy atom. The van der Waals surface area contributed by atoms with Gasteiger partial charge in [0, 0.05) is 12.2 Å². The van der Waals surface area contributed by atoms with E-state index in [4.69, 9.17) is 16.6 Å². The van der Waals surface area contributed by atoms with Crippen molar-refractivity contribution in [1.29, 1.82) is 0 Å². The molecule has 0 aromatic rings. The zero-order valence-corrected chi connectivity index (χ0v) is 16.8. The number of aliphatic carboxylic acids is 1. The Bertz CT molecular complexity index is 586. The van der Waals surface area contributed by atoms with E-state index < -0.39 is 54.3 Å². The summed E-state index contributed by atoms with van der Waals surface area (Å²) in [6.07, 6.45) is 0.241. The molecule has 0 spiro atoms. The minimum Gasteiger partial charge on any atom is -0.480 e. The highest BCUT2D eigenvalue weighted by Gasteiger charge is 2.28. The van der Waals surface area contributed by atoms with E-state index in [9.17, 15) is 24.0 Å². The van der Waals surface area contributed by atoms with Crippen molar-refractivity contribution in [2.24, 2.45) is 17.4 Å². The first-order valence-corrected chi connectivity index (χ1v) is 9.36. The summed E-state index contributed by atoms with van der Waals surface area (Å²) in [5.41, 5.74) is 10.7. The summed E-state index contributed by atoms with van der Waals surface area (Å²) in [7, 11) is 0. The lowest BCUT2D eigenvalue weighted by Crippen LogP contribution is -2.56. The molecule has 8 N–H and O–H groups in total. The molecule has 0 heterocycles. The number of amides is 4. The lowest BCUT2D eigenvalue weighted by molar-refractivity contribution is -0.138. The van der Waals surface area contributed by atoms with Crippen LogP contribution in [0, 0.1) is 5.92 Å². The number of thiol groups is 1. The molecule has 4 amide bonds. The maximum atomic E-state index is 12.5. The first-order chi connectivity index (χ1) is 13.0. The summed E-state index contributed by atoms with van der Waals surface area (Å²) in [4.78, 5) is 58.0. The smallest absolute Gasteiger partial charge is 0.322 e. The predicted molar refractivity (Wildman–Crippen MR) is 104 cm³/mol. The van der Waals surface area contributed by atoms with E-state index in [-0.39, 0.29) is 30.9 Å². The molecule has 12 heteroatoms. The fourth-order valence-corrected chi connectivity index (χ4v) is 2.42. The Morgan fingerprint density at radius 3 is 2.04 bits per heavy atom. The van der Waals surface area contributed by atoms with Crippen LogP contribution >= 0.6 is 12.6 Å². The monoisotopic (exact) mass is 419 g/mol. The van der Waals surface area contributed by atoms with Crippen molar-refractivity contribution in [2.45, 2.75) is 51.2 Å². The number of primary amides is 1. The summed E-state index contributed by atoms with van der Waals surface area (Å²) < 4.78 is 0. The highest BCUT2D eigenvalue weighted by atomic mass is 32.1. The molecular formula is C16H29N5O6S. The lowest BCUT2D eigenvalue weighted by Gasteiger charge is -2.24. The van der Waals surface area contributed by atoms with E-state index in [1.54, 1.807) is 0 Å². The summed E-state index contributed by atoms with van der Waals surface area (Å²) in [5.74, 6) is -3.83. The van der Waals surface area contributed by atoms with Gasteiger partial charge < -0.3 is 32.5 Å². The third-order valence-corrected chi connectivity index (χ3v) is 3.97. The van der Waals surface area contributed by atoms with Crippen LogP contribution in [0.25, 0.3) is 0 Å². The SMILES string of the molecule is CC(C)CC(NC(=O)C(N)CCC(N)=O)C(=O)NC(CS)C(=O)NCC(=O)O. The summed E-state index contributed by atoms with van der Waals surface area (Å²) in [6.45, 7) is 3.09. The molecule has 0 saturated carbocycles. The van der Waals surface area contributed by atoms with Crippen molar-refractivity contribution >= 4 is 42.2 Å². The number of carbonyl (C=O) groups excluding carboxylic acids is 4. The van der Waals surface area contributed by atoms with Crippen molar-refractivity contribution in [2.75, 3.05) is 12.3 Å². The van der Waals surface area contributed by atoms with Gasteiger partial charge in [-0.15, -0.1) is 0 Å². The topological polar surface area (TPSA) is 194 Å². The molecule has 11 nitrogen and oxygen atoms in total. The van der Waals surface area contributed by atoms with Crippen molar-refractivity contribution in [1.82, 2.24) is 16.0 Å². The molecule has 0 aliphatic heterocycles. The van der Waals surface area contributed by atoms with Crippen LogP contribution in [0.3, 0.4) is 0 Å². The van der Waals surface area contributed by atoms with Gasteiger partial charge in [0.25, 0.3) is 0 Å². The van der Waals surface area contributed by atoms with Crippen molar-refractivity contribution < 1.29 is 29.1 Å². The Balaban J connectivity index is 4.99. The van der Waals surface area contributed by atoms with Gasteiger partial charge in [0.2, 0.25) is 23.6 Å². The summed E-state index contributed by atoms with van der Waals surface area (Å²) in [6, 6.07) is -3.07. The second kappa shape index (κ2) is 12.9. The number of carboxylic acids is 1. The first-order valence-electron chi connectivity index (χ1n) is 8.72. The molecule has 0 aromatic carbocycles. The third-order valence-electron chi connectivity index (χ3n) is 3.61. The number of hydrogen-bond donors (Lipinski definition) is 7. The van der Waals surface area contributed by atoms with E-state index >= 15 is 0 Å². The standard InChI is InChI=1S/C16H29N5O6S/c1-8(2)5-10(20-14(25)9(17)3-4-12(18)22)16(27)21-11(7-28)15(26)19-6-13(23)24/h8-11,28H,3-7,17H2,1-2H3,(H2,18,22)(H,19,26)(H,20,25)(H,21,27)(H,23,24). The van der Waals surface area contributed by atoms with Crippen LogP contribution in [-0.2, 0) is 24.0 Å². The summed E-state index contributed by atoms with van der Waals surface area (Å²) >= 11 is 3.99. The zero-order chi connectivity index (χ0) is 21.9. The molecule has 0 aliphatic carbocycles. The molecule has 28 heavy (non-hydrogen) atoms. The molecule has 3 unspecified atom stereocenters. The van der Waals surface area contributed by atoms with Crippen LogP contribution in [0.1, 0.15) is 33.1 Å². The van der Waals surface area contributed by atoms with Gasteiger partial charge in [-0.2, -0.15) is 12.6 Å². The van der Waals surface area contributed by atoms with Crippen LogP contribution in [0.2, 0.25) is 0 Å². The van der Waals surface area contributed by atoms with Crippen LogP contribution in [0.15, 0.2) is 0 Å². The molecule has 0 fully saturated rings. The Labute approximate surface area is 168 Å². The molecule has 3 atom stereocenters. The van der Waals surface area contributed by atoms with E-state index in [1.165, 1.54) is 0 Å². The van der Waals surface area contributed by atoms with Crippen LogP contribution in [0.5, 0.6) is 0 Å². The van der Waals surface area contributed by atoms with E-state index in [1.807, 2.05) is 13.8 Å². The van der Waals surface area contributed by atoms with Crippen molar-refractivity contribution in [3.63, 3.8) is 0 Å². The van der Waals surface area contributed by atoms with E-state index in [2.05, 4.69) is 28.6 Å². The molecule has 160 valence electrons. The van der Waals surface area contributed by atoms with E-state index in [0.717, 1.165) is 0 Å². The highest BCUT2D eigenvalue weighted by molar-refractivity contribution is 7.80.